The number of hydrogen-bond donors (Lipinski definition) is 0. The van der Waals surface area contributed by atoms with Gasteiger partial charge < -0.3 is 0 Å². The number of hydrogen-bond acceptors (Lipinski definition) is 4. The Morgan fingerprint density at radius 3 is 1.50 bits per heavy atom. The molecule has 0 saturated carbocycles. The summed E-state index contributed by atoms with van der Waals surface area (Å²) in [6.07, 6.45) is 0. The maximum Gasteiger partial charge on any atom is 0.111 e. The molecule has 0 fully saturated rings. The van der Waals surface area contributed by atoms with Gasteiger partial charge in [-0.25, -0.2) is 9.78 Å². The Hall–Kier alpha value is 0.420. The Balaban J connectivity index is 2.53. The summed E-state index contributed by atoms with van der Waals surface area (Å²) >= 11 is 9.26. The van der Waals surface area contributed by atoms with E-state index in [0.717, 1.165) is 0 Å². The van der Waals surface area contributed by atoms with Crippen molar-refractivity contribution in [2.24, 2.45) is 0 Å². The molecule has 0 rings (SSSR count). The predicted octanol–water partition coefficient (Wildman–Crippen LogP) is 1.19. The molecular formula is C2H4Cl2O4. The SMILES string of the molecule is ClOOCCOOCl. The van der Waals surface area contributed by atoms with E-state index < -0.39 is 0 Å². The van der Waals surface area contributed by atoms with Crippen molar-refractivity contribution < 1.29 is 18.7 Å². The topological polar surface area (TPSA) is 36.9 Å². The van der Waals surface area contributed by atoms with Crippen LogP contribution in [-0.4, -0.2) is 13.2 Å². The van der Waals surface area contributed by atoms with Crippen LogP contribution >= 0.6 is 23.7 Å². The van der Waals surface area contributed by atoms with Crippen molar-refractivity contribution in [1.29, 1.82) is 0 Å². The fourth-order valence-corrected chi connectivity index (χ4v) is 0.257. The molecule has 0 spiro atoms. The zero-order valence-electron chi connectivity index (χ0n) is 3.80. The first-order valence-electron chi connectivity index (χ1n) is 1.72. The second-order valence-corrected chi connectivity index (χ2v) is 1.02. The first-order chi connectivity index (χ1) is 3.91. The molecule has 0 heterocycles. The van der Waals surface area contributed by atoms with Crippen LogP contribution in [0.5, 0.6) is 0 Å². The minimum atomic E-state index is 0.163. The lowest BCUT2D eigenvalue weighted by atomic mass is 10.8. The molecule has 0 saturated heterocycles. The summed E-state index contributed by atoms with van der Waals surface area (Å²) in [7, 11) is 0. The van der Waals surface area contributed by atoms with Gasteiger partial charge in [-0.3, -0.25) is 0 Å². The lowest BCUT2D eigenvalue weighted by molar-refractivity contribution is -0.259. The summed E-state index contributed by atoms with van der Waals surface area (Å²) in [5.41, 5.74) is 0. The molecule has 4 nitrogen and oxygen atoms in total. The fourth-order valence-electron chi connectivity index (χ4n) is 0.131. The highest BCUT2D eigenvalue weighted by Gasteiger charge is 1.85. The van der Waals surface area contributed by atoms with Gasteiger partial charge in [-0.1, -0.05) is 0 Å². The maximum absolute atomic E-state index is 4.63. The first kappa shape index (κ1) is 8.42. The van der Waals surface area contributed by atoms with Gasteiger partial charge >= 0.3 is 0 Å². The molecule has 0 atom stereocenters. The Kier molecular flexibility index (Phi) is 7.81. The van der Waals surface area contributed by atoms with E-state index in [1.54, 1.807) is 0 Å². The lowest BCUT2D eigenvalue weighted by Crippen LogP contribution is -1.99. The highest BCUT2D eigenvalue weighted by Crippen LogP contribution is 1.85. The maximum atomic E-state index is 4.63. The average molecular weight is 163 g/mol. The van der Waals surface area contributed by atoms with E-state index in [0.29, 0.717) is 0 Å². The minimum absolute atomic E-state index is 0.163. The van der Waals surface area contributed by atoms with Gasteiger partial charge in [0.15, 0.2) is 0 Å². The predicted molar refractivity (Wildman–Crippen MR) is 25.8 cm³/mol. The van der Waals surface area contributed by atoms with Crippen molar-refractivity contribution in [3.05, 3.63) is 0 Å². The monoisotopic (exact) mass is 162 g/mol. The summed E-state index contributed by atoms with van der Waals surface area (Å²) in [6.45, 7) is 0.326. The highest BCUT2D eigenvalue weighted by molar-refractivity contribution is 6.06. The zero-order valence-corrected chi connectivity index (χ0v) is 5.31. The van der Waals surface area contributed by atoms with E-state index in [1.165, 1.54) is 0 Å². The molecule has 0 amide bonds. The van der Waals surface area contributed by atoms with Crippen molar-refractivity contribution >= 4 is 23.7 Å². The third-order valence-corrected chi connectivity index (χ3v) is 0.517. The van der Waals surface area contributed by atoms with Gasteiger partial charge in [-0.05, 0) is 0 Å². The molecule has 0 bridgehead atoms. The molecule has 0 N–H and O–H groups in total. The molecule has 0 aliphatic carbocycles. The van der Waals surface area contributed by atoms with E-state index in [-0.39, 0.29) is 13.2 Å². The Labute approximate surface area is 56.4 Å². The van der Waals surface area contributed by atoms with Crippen molar-refractivity contribution in [2.75, 3.05) is 13.2 Å². The van der Waals surface area contributed by atoms with E-state index in [2.05, 4.69) is 42.4 Å². The third-order valence-electron chi connectivity index (χ3n) is 0.339. The molecule has 0 aliphatic rings. The van der Waals surface area contributed by atoms with Crippen LogP contribution in [0.25, 0.3) is 0 Å². The minimum Gasteiger partial charge on any atom is -0.216 e. The van der Waals surface area contributed by atoms with Crippen molar-refractivity contribution in [1.82, 2.24) is 0 Å². The third kappa shape index (κ3) is 6.42. The molecule has 50 valence electrons. The van der Waals surface area contributed by atoms with Crippen molar-refractivity contribution in [3.63, 3.8) is 0 Å². The molecule has 8 heavy (non-hydrogen) atoms. The Morgan fingerprint density at radius 1 is 0.875 bits per heavy atom. The standard InChI is InChI=1S/C2H4Cl2O4/c3-7-5-1-2-6-8-4/h1-2H2. The molecule has 0 aromatic heterocycles. The number of halogens is 2. The Bertz CT molecular complexity index is 37.0. The van der Waals surface area contributed by atoms with Gasteiger partial charge in [-0.2, -0.15) is 0 Å². The second-order valence-electron chi connectivity index (χ2n) is 0.770. The lowest BCUT2D eigenvalue weighted by Gasteiger charge is -1.93. The summed E-state index contributed by atoms with van der Waals surface area (Å²) in [4.78, 5) is 8.27. The fraction of sp³-hybridized carbons (Fsp3) is 1.00. The van der Waals surface area contributed by atoms with Crippen LogP contribution < -0.4 is 0 Å². The quantitative estimate of drug-likeness (QED) is 0.346. The molecule has 0 unspecified atom stereocenters. The average Bonchev–Trinajstić information content (AvgIpc) is 1.81. The summed E-state index contributed by atoms with van der Waals surface area (Å²) < 4.78 is 7.36. The number of rotatable bonds is 5. The molecule has 6 heteroatoms. The van der Waals surface area contributed by atoms with E-state index in [9.17, 15) is 0 Å². The second kappa shape index (κ2) is 7.42. The largest absolute Gasteiger partial charge is 0.216 e. The molecule has 0 aromatic rings. The highest BCUT2D eigenvalue weighted by atomic mass is 35.5. The first-order valence-corrected chi connectivity index (χ1v) is 2.34. The van der Waals surface area contributed by atoms with Gasteiger partial charge in [0.2, 0.25) is 0 Å². The van der Waals surface area contributed by atoms with E-state index >= 15 is 0 Å². The summed E-state index contributed by atoms with van der Waals surface area (Å²) in [6, 6.07) is 0. The van der Waals surface area contributed by atoms with Crippen molar-refractivity contribution in [3.8, 4) is 0 Å². The van der Waals surface area contributed by atoms with E-state index in [4.69, 9.17) is 0 Å². The van der Waals surface area contributed by atoms with Gasteiger partial charge in [0.1, 0.15) is 13.2 Å². The van der Waals surface area contributed by atoms with Gasteiger partial charge in [-0.15, -0.1) is 8.88 Å². The zero-order chi connectivity index (χ0) is 6.24. The summed E-state index contributed by atoms with van der Waals surface area (Å²) in [5, 5.41) is 0. The van der Waals surface area contributed by atoms with Crippen LogP contribution in [0.4, 0.5) is 0 Å². The van der Waals surface area contributed by atoms with Crippen LogP contribution in [0.3, 0.4) is 0 Å². The van der Waals surface area contributed by atoms with Crippen LogP contribution in [0.1, 0.15) is 0 Å². The Morgan fingerprint density at radius 2 is 1.25 bits per heavy atom. The smallest absolute Gasteiger partial charge is 0.111 e. The van der Waals surface area contributed by atoms with Crippen LogP contribution in [0.15, 0.2) is 0 Å². The van der Waals surface area contributed by atoms with Gasteiger partial charge in [0.25, 0.3) is 0 Å². The van der Waals surface area contributed by atoms with Crippen LogP contribution in [0.2, 0.25) is 0 Å². The normalized spacial score (nSPS) is 9.75. The van der Waals surface area contributed by atoms with Gasteiger partial charge in [0, 0.05) is 0 Å². The summed E-state index contributed by atoms with van der Waals surface area (Å²) in [5.74, 6) is 0. The van der Waals surface area contributed by atoms with Crippen LogP contribution in [0, 0.1) is 0 Å². The molecule has 0 aliphatic heterocycles. The molecule has 0 radical (unpaired) electrons. The van der Waals surface area contributed by atoms with Gasteiger partial charge in [0.05, 0.1) is 23.7 Å². The van der Waals surface area contributed by atoms with Crippen LogP contribution in [-0.2, 0) is 18.7 Å². The van der Waals surface area contributed by atoms with E-state index in [1.807, 2.05) is 0 Å². The van der Waals surface area contributed by atoms with Crippen molar-refractivity contribution in [2.45, 2.75) is 0 Å². The molecule has 0 aromatic carbocycles. The molecular weight excluding hydrogens is 159 g/mol.